The molecule has 0 aliphatic carbocycles. The summed E-state index contributed by atoms with van der Waals surface area (Å²) in [5.41, 5.74) is 0.318. The number of rotatable bonds is 14. The standard InChI is InChI=1S/C17H40O6Si4/c1-14(2)16(19)21-13-15(18)12-20-11-10-17(3,24-22-26(4,5)6)25-23-27(7,8)9/h15,18H,1,10-13,24-25H2,2-9H3. The number of ether oxygens (including phenoxy) is 2. The van der Waals surface area contributed by atoms with Gasteiger partial charge in [-0.2, -0.15) is 0 Å². The largest absolute Gasteiger partial charge is 0.460 e. The molecule has 0 rings (SSSR count). The maximum Gasteiger partial charge on any atom is 0.333 e. The number of aliphatic hydroxyl groups excluding tert-OH is 1. The van der Waals surface area contributed by atoms with Gasteiger partial charge in [0.15, 0.2) is 36.2 Å². The number of esters is 1. The molecule has 0 aliphatic rings. The predicted octanol–water partition coefficient (Wildman–Crippen LogP) is 1.88. The third kappa shape index (κ3) is 15.5. The van der Waals surface area contributed by atoms with Crippen molar-refractivity contribution >= 4 is 42.1 Å². The van der Waals surface area contributed by atoms with Gasteiger partial charge < -0.3 is 22.8 Å². The first-order valence-electron chi connectivity index (χ1n) is 9.50. The van der Waals surface area contributed by atoms with Crippen LogP contribution in [0.4, 0.5) is 0 Å². The fraction of sp³-hybridized carbons (Fsp3) is 0.824. The lowest BCUT2D eigenvalue weighted by Crippen LogP contribution is -2.40. The van der Waals surface area contributed by atoms with E-state index in [1.54, 1.807) is 6.92 Å². The van der Waals surface area contributed by atoms with Crippen LogP contribution in [0.3, 0.4) is 0 Å². The van der Waals surface area contributed by atoms with E-state index in [2.05, 4.69) is 52.8 Å². The lowest BCUT2D eigenvalue weighted by Gasteiger charge is -2.34. The van der Waals surface area contributed by atoms with E-state index in [1.807, 2.05) is 0 Å². The second-order valence-corrected chi connectivity index (χ2v) is 25.2. The highest BCUT2D eigenvalue weighted by molar-refractivity contribution is 6.78. The summed E-state index contributed by atoms with van der Waals surface area (Å²) in [7, 11) is -4.51. The van der Waals surface area contributed by atoms with Crippen LogP contribution in [-0.2, 0) is 22.5 Å². The van der Waals surface area contributed by atoms with Crippen LogP contribution >= 0.6 is 0 Å². The zero-order valence-electron chi connectivity index (χ0n) is 18.5. The molecule has 0 amide bonds. The Balaban J connectivity index is 4.41. The van der Waals surface area contributed by atoms with Crippen molar-refractivity contribution in [3.8, 4) is 0 Å². The third-order valence-corrected chi connectivity index (χ3v) is 15.0. The molecule has 0 heterocycles. The molecule has 0 saturated carbocycles. The first-order valence-corrected chi connectivity index (χ1v) is 18.9. The van der Waals surface area contributed by atoms with E-state index < -0.39 is 48.2 Å². The van der Waals surface area contributed by atoms with Gasteiger partial charge in [-0.3, -0.25) is 0 Å². The molecule has 6 nitrogen and oxygen atoms in total. The molecule has 0 aliphatic heterocycles. The molecule has 0 spiro atoms. The Hall–Kier alpha value is -0.0825. The lowest BCUT2D eigenvalue weighted by molar-refractivity contribution is -0.143. The van der Waals surface area contributed by atoms with E-state index in [0.717, 1.165) is 6.42 Å². The molecule has 0 bridgehead atoms. The van der Waals surface area contributed by atoms with Crippen LogP contribution in [0.25, 0.3) is 0 Å². The Morgan fingerprint density at radius 1 is 1.07 bits per heavy atom. The minimum atomic E-state index is -1.53. The van der Waals surface area contributed by atoms with Gasteiger partial charge in [-0.05, 0) is 57.3 Å². The molecule has 0 aromatic carbocycles. The van der Waals surface area contributed by atoms with E-state index >= 15 is 0 Å². The van der Waals surface area contributed by atoms with E-state index in [4.69, 9.17) is 17.7 Å². The van der Waals surface area contributed by atoms with Gasteiger partial charge in [0.1, 0.15) is 12.7 Å². The van der Waals surface area contributed by atoms with Crippen molar-refractivity contribution in [3.05, 3.63) is 12.2 Å². The van der Waals surface area contributed by atoms with Crippen LogP contribution in [0, 0.1) is 0 Å². The predicted molar refractivity (Wildman–Crippen MR) is 122 cm³/mol. The van der Waals surface area contributed by atoms with E-state index in [9.17, 15) is 9.90 Å². The summed E-state index contributed by atoms with van der Waals surface area (Å²) in [6.07, 6.45) is 0.0593. The van der Waals surface area contributed by atoms with Gasteiger partial charge in [-0.25, -0.2) is 4.79 Å². The highest BCUT2D eigenvalue weighted by atomic mass is 28.4. The Bertz CT molecular complexity index is 455. The molecule has 0 aromatic heterocycles. The van der Waals surface area contributed by atoms with Crippen LogP contribution in [0.2, 0.25) is 43.9 Å². The van der Waals surface area contributed by atoms with Crippen LogP contribution in [-0.4, -0.2) is 73.2 Å². The maximum atomic E-state index is 11.3. The Kier molecular flexibility index (Phi) is 11.8. The topological polar surface area (TPSA) is 74.2 Å². The number of carbonyl (C=O) groups is 1. The highest BCUT2D eigenvalue weighted by Crippen LogP contribution is 2.30. The van der Waals surface area contributed by atoms with Gasteiger partial charge >= 0.3 is 5.97 Å². The van der Waals surface area contributed by atoms with Crippen molar-refractivity contribution in [2.45, 2.75) is 70.3 Å². The summed E-state index contributed by atoms with van der Waals surface area (Å²) in [5, 5.41) is 9.88. The van der Waals surface area contributed by atoms with Gasteiger partial charge in [0.25, 0.3) is 0 Å². The van der Waals surface area contributed by atoms with Crippen LogP contribution in [0.5, 0.6) is 0 Å². The molecule has 0 saturated heterocycles. The smallest absolute Gasteiger partial charge is 0.333 e. The first-order chi connectivity index (χ1) is 12.1. The summed E-state index contributed by atoms with van der Waals surface area (Å²) in [6.45, 7) is 21.3. The Labute approximate surface area is 172 Å². The SMILES string of the molecule is C=C(C)C(=O)OCC(O)COCCC(C)([SiH2]O[Si](C)(C)C)[SiH2]O[Si](C)(C)C. The van der Waals surface area contributed by atoms with Gasteiger partial charge in [-0.15, -0.1) is 0 Å². The van der Waals surface area contributed by atoms with Crippen molar-refractivity contribution in [3.63, 3.8) is 0 Å². The second-order valence-electron chi connectivity index (χ2n) is 9.47. The first kappa shape index (κ1) is 26.9. The van der Waals surface area contributed by atoms with E-state index in [-0.39, 0.29) is 17.9 Å². The van der Waals surface area contributed by atoms with Crippen molar-refractivity contribution in [1.82, 2.24) is 0 Å². The fourth-order valence-electron chi connectivity index (χ4n) is 1.85. The summed E-state index contributed by atoms with van der Waals surface area (Å²) in [4.78, 5) is 11.3. The quantitative estimate of drug-likeness (QED) is 0.188. The summed E-state index contributed by atoms with van der Waals surface area (Å²) in [6, 6.07) is 0. The third-order valence-electron chi connectivity index (χ3n) is 3.62. The Morgan fingerprint density at radius 3 is 1.96 bits per heavy atom. The monoisotopic (exact) mass is 452 g/mol. The van der Waals surface area contributed by atoms with Crippen LogP contribution in [0.1, 0.15) is 20.3 Å². The normalized spacial score (nSPS) is 16.8. The zero-order chi connectivity index (χ0) is 21.3. The zero-order valence-corrected chi connectivity index (χ0v) is 23.3. The van der Waals surface area contributed by atoms with Crippen molar-refractivity contribution in [2.75, 3.05) is 19.8 Å². The molecule has 160 valence electrons. The number of carbonyl (C=O) groups excluding carboxylic acids is 1. The van der Waals surface area contributed by atoms with Gasteiger partial charge in [0.2, 0.25) is 0 Å². The second kappa shape index (κ2) is 11.8. The van der Waals surface area contributed by atoms with Crippen LogP contribution < -0.4 is 0 Å². The molecule has 1 unspecified atom stereocenters. The molecular formula is C17H40O6Si4. The van der Waals surface area contributed by atoms with Gasteiger partial charge in [0.05, 0.1) is 6.61 Å². The lowest BCUT2D eigenvalue weighted by atomic mass is 10.3. The average molecular weight is 453 g/mol. The highest BCUT2D eigenvalue weighted by Gasteiger charge is 2.31. The molecule has 0 aromatic rings. The fourth-order valence-corrected chi connectivity index (χ4v) is 10.8. The Morgan fingerprint density at radius 2 is 1.56 bits per heavy atom. The number of hydrogen-bond donors (Lipinski definition) is 1. The van der Waals surface area contributed by atoms with Crippen molar-refractivity contribution < 1.29 is 27.6 Å². The number of aliphatic hydroxyl groups is 1. The molecule has 1 atom stereocenters. The van der Waals surface area contributed by atoms with Crippen molar-refractivity contribution in [2.24, 2.45) is 0 Å². The molecular weight excluding hydrogens is 413 g/mol. The van der Waals surface area contributed by atoms with Crippen LogP contribution in [0.15, 0.2) is 12.2 Å². The van der Waals surface area contributed by atoms with Gasteiger partial charge in [0, 0.05) is 12.2 Å². The van der Waals surface area contributed by atoms with E-state index in [0.29, 0.717) is 12.2 Å². The maximum absolute atomic E-state index is 11.3. The molecule has 1 N–H and O–H groups in total. The molecule has 27 heavy (non-hydrogen) atoms. The molecule has 10 heteroatoms. The minimum Gasteiger partial charge on any atom is -0.460 e. The molecule has 0 radical (unpaired) electrons. The minimum absolute atomic E-state index is 0.0794. The summed E-state index contributed by atoms with van der Waals surface area (Å²) < 4.78 is 23.3. The molecule has 0 fully saturated rings. The van der Waals surface area contributed by atoms with Crippen molar-refractivity contribution in [1.29, 1.82) is 0 Å². The summed E-state index contributed by atoms with van der Waals surface area (Å²) in [5.74, 6) is -0.495. The average Bonchev–Trinajstić information content (AvgIpc) is 2.52. The number of hydrogen-bond acceptors (Lipinski definition) is 6. The van der Waals surface area contributed by atoms with Gasteiger partial charge in [-0.1, -0.05) is 13.5 Å². The summed E-state index contributed by atoms with van der Waals surface area (Å²) >= 11 is 0. The van der Waals surface area contributed by atoms with E-state index in [1.165, 1.54) is 0 Å².